The Morgan fingerprint density at radius 2 is 1.70 bits per heavy atom. The Morgan fingerprint density at radius 1 is 1.04 bits per heavy atom. The first-order valence-corrected chi connectivity index (χ1v) is 8.16. The molecule has 0 aromatic carbocycles. The molecule has 23 heavy (non-hydrogen) atoms. The smallest absolute Gasteiger partial charge is 0.322 e. The van der Waals surface area contributed by atoms with E-state index in [4.69, 9.17) is 0 Å². The summed E-state index contributed by atoms with van der Waals surface area (Å²) in [4.78, 5) is 34.0. The lowest BCUT2D eigenvalue weighted by Gasteiger charge is -2.34. The Hall–Kier alpha value is -2.31. The molecule has 2 aliphatic rings. The summed E-state index contributed by atoms with van der Waals surface area (Å²) >= 11 is 0. The van der Waals surface area contributed by atoms with Crippen LogP contribution >= 0.6 is 0 Å². The second kappa shape index (κ2) is 6.85. The largest absolute Gasteiger partial charge is 0.355 e. The third kappa shape index (κ3) is 3.55. The Labute approximate surface area is 136 Å². The fourth-order valence-corrected chi connectivity index (χ4v) is 3.09. The molecule has 1 aromatic rings. The maximum atomic E-state index is 12.5. The molecule has 3 rings (SSSR count). The van der Waals surface area contributed by atoms with E-state index < -0.39 is 0 Å². The molecule has 1 aromatic heterocycles. The summed E-state index contributed by atoms with van der Waals surface area (Å²) < 4.78 is 0. The molecule has 0 saturated carbocycles. The van der Waals surface area contributed by atoms with Gasteiger partial charge in [-0.05, 0) is 25.0 Å². The van der Waals surface area contributed by atoms with Crippen molar-refractivity contribution in [1.82, 2.24) is 14.8 Å². The maximum absolute atomic E-state index is 12.5. The van der Waals surface area contributed by atoms with Gasteiger partial charge in [-0.1, -0.05) is 0 Å². The first-order valence-electron chi connectivity index (χ1n) is 8.16. The predicted octanol–water partition coefficient (Wildman–Crippen LogP) is 1.38. The molecule has 7 heteroatoms. The van der Waals surface area contributed by atoms with Gasteiger partial charge in [-0.15, -0.1) is 0 Å². The van der Waals surface area contributed by atoms with Crippen molar-refractivity contribution < 1.29 is 9.59 Å². The highest BCUT2D eigenvalue weighted by Crippen LogP contribution is 2.26. The fraction of sp³-hybridized carbons (Fsp3) is 0.562. The lowest BCUT2D eigenvalue weighted by Crippen LogP contribution is -2.51. The van der Waals surface area contributed by atoms with E-state index in [-0.39, 0.29) is 11.9 Å². The molecule has 0 atom stereocenters. The van der Waals surface area contributed by atoms with Crippen LogP contribution in [0.1, 0.15) is 19.8 Å². The highest BCUT2D eigenvalue weighted by molar-refractivity contribution is 5.92. The number of urea groups is 1. The zero-order chi connectivity index (χ0) is 16.2. The minimum Gasteiger partial charge on any atom is -0.355 e. The molecule has 7 nitrogen and oxygen atoms in total. The first-order chi connectivity index (χ1) is 11.1. The first kappa shape index (κ1) is 15.6. The average Bonchev–Trinajstić information content (AvgIpc) is 3.09. The summed E-state index contributed by atoms with van der Waals surface area (Å²) in [6.45, 7) is 5.83. The Kier molecular flexibility index (Phi) is 4.64. The number of nitrogens with zero attached hydrogens (tertiary/aromatic N) is 4. The number of piperazine rings is 1. The summed E-state index contributed by atoms with van der Waals surface area (Å²) in [5.41, 5.74) is 0.758. The Morgan fingerprint density at radius 3 is 2.35 bits per heavy atom. The summed E-state index contributed by atoms with van der Waals surface area (Å²) in [7, 11) is 0. The van der Waals surface area contributed by atoms with Crippen LogP contribution in [-0.2, 0) is 4.79 Å². The quantitative estimate of drug-likeness (QED) is 0.895. The van der Waals surface area contributed by atoms with E-state index in [0.717, 1.165) is 37.4 Å². The van der Waals surface area contributed by atoms with E-state index in [0.29, 0.717) is 26.2 Å². The van der Waals surface area contributed by atoms with Gasteiger partial charge in [0.2, 0.25) is 5.91 Å². The molecule has 124 valence electrons. The van der Waals surface area contributed by atoms with Crippen LogP contribution in [-0.4, -0.2) is 66.0 Å². The number of rotatable bonds is 2. The summed E-state index contributed by atoms with van der Waals surface area (Å²) in [6.07, 6.45) is 4.09. The zero-order valence-corrected chi connectivity index (χ0v) is 13.5. The molecule has 2 fully saturated rings. The Balaban J connectivity index is 1.63. The molecule has 2 aliphatic heterocycles. The van der Waals surface area contributed by atoms with Crippen molar-refractivity contribution in [1.29, 1.82) is 0 Å². The van der Waals surface area contributed by atoms with E-state index in [2.05, 4.69) is 15.2 Å². The van der Waals surface area contributed by atoms with Gasteiger partial charge >= 0.3 is 6.03 Å². The molecule has 0 aliphatic carbocycles. The second-order valence-electron chi connectivity index (χ2n) is 5.99. The fourth-order valence-electron chi connectivity index (χ4n) is 3.09. The molecular weight excluding hydrogens is 294 g/mol. The van der Waals surface area contributed by atoms with Gasteiger partial charge in [-0.25, -0.2) is 9.78 Å². The van der Waals surface area contributed by atoms with Gasteiger partial charge in [0.15, 0.2) is 5.82 Å². The molecule has 2 saturated heterocycles. The highest BCUT2D eigenvalue weighted by atomic mass is 16.2. The van der Waals surface area contributed by atoms with Gasteiger partial charge in [0.1, 0.15) is 0 Å². The third-order valence-corrected chi connectivity index (χ3v) is 4.45. The van der Waals surface area contributed by atoms with Crippen molar-refractivity contribution in [2.75, 3.05) is 49.5 Å². The molecule has 0 unspecified atom stereocenters. The van der Waals surface area contributed by atoms with Gasteiger partial charge in [0.25, 0.3) is 0 Å². The number of carbonyl (C=O) groups is 2. The molecular formula is C16H23N5O2. The van der Waals surface area contributed by atoms with E-state index in [1.807, 2.05) is 12.1 Å². The van der Waals surface area contributed by atoms with Crippen molar-refractivity contribution in [3.8, 4) is 0 Å². The Bertz CT molecular complexity index is 578. The van der Waals surface area contributed by atoms with E-state index >= 15 is 0 Å². The number of amides is 3. The molecule has 0 spiro atoms. The zero-order valence-electron chi connectivity index (χ0n) is 13.5. The van der Waals surface area contributed by atoms with Crippen LogP contribution < -0.4 is 10.2 Å². The number of aromatic nitrogens is 1. The highest BCUT2D eigenvalue weighted by Gasteiger charge is 2.24. The standard InChI is InChI=1S/C16H23N5O2/c1-13(22)19-9-11-21(12-10-19)16(23)18-14-5-4-6-17-15(14)20-7-2-3-8-20/h4-6H,2-3,7-12H2,1H3,(H,18,23). The van der Waals surface area contributed by atoms with Gasteiger partial charge in [-0.2, -0.15) is 0 Å². The van der Waals surface area contributed by atoms with Crippen molar-refractivity contribution in [2.45, 2.75) is 19.8 Å². The number of anilines is 2. The third-order valence-electron chi connectivity index (χ3n) is 4.45. The molecule has 3 amide bonds. The monoisotopic (exact) mass is 317 g/mol. The minimum atomic E-state index is -0.123. The summed E-state index contributed by atoms with van der Waals surface area (Å²) in [6, 6.07) is 3.61. The predicted molar refractivity (Wildman–Crippen MR) is 88.5 cm³/mol. The van der Waals surface area contributed by atoms with Gasteiger partial charge < -0.3 is 20.0 Å². The van der Waals surface area contributed by atoms with Gasteiger partial charge in [0, 0.05) is 52.4 Å². The van der Waals surface area contributed by atoms with Crippen molar-refractivity contribution >= 4 is 23.4 Å². The van der Waals surface area contributed by atoms with Crippen LogP contribution in [0.5, 0.6) is 0 Å². The number of hydrogen-bond acceptors (Lipinski definition) is 4. The maximum Gasteiger partial charge on any atom is 0.322 e. The van der Waals surface area contributed by atoms with Gasteiger partial charge in [0.05, 0.1) is 5.69 Å². The topological polar surface area (TPSA) is 68.8 Å². The molecule has 3 heterocycles. The van der Waals surface area contributed by atoms with E-state index in [9.17, 15) is 9.59 Å². The van der Waals surface area contributed by atoms with E-state index in [1.54, 1.807) is 22.9 Å². The SMILES string of the molecule is CC(=O)N1CCN(C(=O)Nc2cccnc2N2CCCC2)CC1. The van der Waals surface area contributed by atoms with Crippen LogP contribution in [0.4, 0.5) is 16.3 Å². The average molecular weight is 317 g/mol. The lowest BCUT2D eigenvalue weighted by atomic mass is 10.3. The molecule has 1 N–H and O–H groups in total. The minimum absolute atomic E-state index is 0.0636. The van der Waals surface area contributed by atoms with Crippen molar-refractivity contribution in [3.63, 3.8) is 0 Å². The number of pyridine rings is 1. The molecule has 0 bridgehead atoms. The van der Waals surface area contributed by atoms with Crippen LogP contribution in [0, 0.1) is 0 Å². The summed E-state index contributed by atoms with van der Waals surface area (Å²) in [5, 5.41) is 2.98. The summed E-state index contributed by atoms with van der Waals surface area (Å²) in [5.74, 6) is 0.911. The van der Waals surface area contributed by atoms with Crippen LogP contribution in [0.25, 0.3) is 0 Å². The number of hydrogen-bond donors (Lipinski definition) is 1. The van der Waals surface area contributed by atoms with Crippen molar-refractivity contribution in [2.24, 2.45) is 0 Å². The number of carbonyl (C=O) groups excluding carboxylic acids is 2. The van der Waals surface area contributed by atoms with Crippen LogP contribution in [0.3, 0.4) is 0 Å². The second-order valence-corrected chi connectivity index (χ2v) is 5.99. The lowest BCUT2D eigenvalue weighted by molar-refractivity contribution is -0.130. The van der Waals surface area contributed by atoms with Crippen molar-refractivity contribution in [3.05, 3.63) is 18.3 Å². The van der Waals surface area contributed by atoms with Gasteiger partial charge in [-0.3, -0.25) is 4.79 Å². The number of nitrogens with one attached hydrogen (secondary N) is 1. The normalized spacial score (nSPS) is 18.2. The van der Waals surface area contributed by atoms with Crippen LogP contribution in [0.2, 0.25) is 0 Å². The van der Waals surface area contributed by atoms with E-state index in [1.165, 1.54) is 0 Å². The molecule has 0 radical (unpaired) electrons. The van der Waals surface area contributed by atoms with Crippen LogP contribution in [0.15, 0.2) is 18.3 Å².